The fourth-order valence-electron chi connectivity index (χ4n) is 2.71. The van der Waals surface area contributed by atoms with Crippen molar-refractivity contribution in [3.63, 3.8) is 0 Å². The number of carboxylic acids is 1. The number of alkyl halides is 1. The molecule has 24 heavy (non-hydrogen) atoms. The number of hydrogen-bond donors (Lipinski definition) is 1. The number of benzene rings is 1. The summed E-state index contributed by atoms with van der Waals surface area (Å²) in [7, 11) is 0. The fourth-order valence-corrected chi connectivity index (χ4v) is 3.54. The molecule has 1 atom stereocenters. The number of hydrogen-bond acceptors (Lipinski definition) is 4. The van der Waals surface area contributed by atoms with Gasteiger partial charge in [-0.15, -0.1) is 11.3 Å². The number of aromatic nitrogens is 1. The van der Waals surface area contributed by atoms with Crippen LogP contribution in [0.15, 0.2) is 35.7 Å². The number of carbonyl (C=O) groups is 2. The minimum Gasteiger partial charge on any atom is -0.479 e. The molecule has 1 saturated heterocycles. The monoisotopic (exact) mass is 348 g/mol. The molecule has 0 spiro atoms. The number of amides is 1. The lowest BCUT2D eigenvalue weighted by atomic mass is 10.1. The molecule has 0 aliphatic carbocycles. The van der Waals surface area contributed by atoms with Gasteiger partial charge in [-0.2, -0.15) is 0 Å². The molecule has 3 rings (SSSR count). The third kappa shape index (κ3) is 3.62. The zero-order valence-corrected chi connectivity index (χ0v) is 13.8. The van der Waals surface area contributed by atoms with Gasteiger partial charge >= 0.3 is 5.97 Å². The van der Waals surface area contributed by atoms with Gasteiger partial charge in [0.2, 0.25) is 11.6 Å². The molecular weight excluding hydrogens is 331 g/mol. The van der Waals surface area contributed by atoms with Crippen LogP contribution in [0.2, 0.25) is 0 Å². The fraction of sp³-hybridized carbons (Fsp3) is 0.353. The van der Waals surface area contributed by atoms with E-state index in [0.717, 1.165) is 10.6 Å². The highest BCUT2D eigenvalue weighted by molar-refractivity contribution is 7.09. The summed E-state index contributed by atoms with van der Waals surface area (Å²) in [6.07, 6.45) is 0.613. The third-order valence-electron chi connectivity index (χ3n) is 4.09. The average Bonchev–Trinajstić information content (AvgIpc) is 3.16. The van der Waals surface area contributed by atoms with Crippen LogP contribution in [-0.2, 0) is 22.4 Å². The first kappa shape index (κ1) is 16.6. The Morgan fingerprint density at radius 2 is 2.08 bits per heavy atom. The molecule has 1 aromatic heterocycles. The van der Waals surface area contributed by atoms with Crippen LogP contribution in [0.3, 0.4) is 0 Å². The van der Waals surface area contributed by atoms with Gasteiger partial charge in [-0.1, -0.05) is 30.3 Å². The summed E-state index contributed by atoms with van der Waals surface area (Å²) in [5.41, 5.74) is -0.536. The Kier molecular flexibility index (Phi) is 4.62. The van der Waals surface area contributed by atoms with Gasteiger partial charge in [0, 0.05) is 24.8 Å². The van der Waals surface area contributed by atoms with Crippen molar-refractivity contribution in [2.75, 3.05) is 13.1 Å². The van der Waals surface area contributed by atoms with E-state index in [1.54, 1.807) is 0 Å². The van der Waals surface area contributed by atoms with E-state index in [1.165, 1.54) is 16.2 Å². The van der Waals surface area contributed by atoms with Gasteiger partial charge in [0.05, 0.1) is 23.7 Å². The number of nitrogens with zero attached hydrogens (tertiary/aromatic N) is 2. The highest BCUT2D eigenvalue weighted by Gasteiger charge is 2.46. The number of halogens is 1. The Balaban J connectivity index is 1.59. The number of rotatable bonds is 5. The second-order valence-corrected chi connectivity index (χ2v) is 6.85. The predicted octanol–water partition coefficient (Wildman–Crippen LogP) is 2.30. The van der Waals surface area contributed by atoms with Crippen molar-refractivity contribution < 1.29 is 19.1 Å². The van der Waals surface area contributed by atoms with E-state index >= 15 is 0 Å². The largest absolute Gasteiger partial charge is 0.479 e. The summed E-state index contributed by atoms with van der Waals surface area (Å²) in [5.74, 6) is -1.79. The summed E-state index contributed by atoms with van der Waals surface area (Å²) in [6, 6.07) is 9.92. The molecule has 1 amide bonds. The van der Waals surface area contributed by atoms with Crippen molar-refractivity contribution in [3.05, 3.63) is 52.0 Å². The Bertz CT molecular complexity index is 749. The van der Waals surface area contributed by atoms with Crippen molar-refractivity contribution in [2.24, 2.45) is 0 Å². The van der Waals surface area contributed by atoms with Crippen LogP contribution in [0.25, 0.3) is 0 Å². The van der Waals surface area contributed by atoms with Gasteiger partial charge in [0.1, 0.15) is 0 Å². The van der Waals surface area contributed by atoms with Crippen molar-refractivity contribution in [3.8, 4) is 0 Å². The van der Waals surface area contributed by atoms with Crippen molar-refractivity contribution >= 4 is 23.2 Å². The number of likely N-dealkylation sites (tertiary alicyclic amines) is 1. The van der Waals surface area contributed by atoms with Gasteiger partial charge in [0.25, 0.3) is 0 Å². The molecule has 2 aromatic rings. The van der Waals surface area contributed by atoms with Gasteiger partial charge in [-0.05, 0) is 5.56 Å². The number of aliphatic carboxylic acids is 1. The molecule has 1 N–H and O–H groups in total. The molecule has 0 radical (unpaired) electrons. The van der Waals surface area contributed by atoms with E-state index in [-0.39, 0.29) is 31.8 Å². The van der Waals surface area contributed by atoms with Crippen LogP contribution in [0.5, 0.6) is 0 Å². The molecule has 0 saturated carbocycles. The number of carboxylic acid groups (broad SMARTS) is 1. The van der Waals surface area contributed by atoms with E-state index in [2.05, 4.69) is 4.98 Å². The molecule has 1 unspecified atom stereocenters. The molecule has 1 aromatic carbocycles. The molecule has 126 valence electrons. The Hall–Kier alpha value is -2.28. The molecular formula is C17H17FN2O3S. The SMILES string of the molecule is O=C(Cc1csc(Cc2ccccc2)n1)N1CCC(F)(C(=O)O)C1. The van der Waals surface area contributed by atoms with Crippen molar-refractivity contribution in [1.29, 1.82) is 0 Å². The molecule has 5 nitrogen and oxygen atoms in total. The van der Waals surface area contributed by atoms with Crippen LogP contribution in [0.4, 0.5) is 4.39 Å². The molecule has 2 heterocycles. The first-order valence-electron chi connectivity index (χ1n) is 7.63. The zero-order valence-electron chi connectivity index (χ0n) is 12.9. The summed E-state index contributed by atoms with van der Waals surface area (Å²) in [4.78, 5) is 28.8. The Labute approximate surface area is 142 Å². The van der Waals surface area contributed by atoms with E-state index in [1.807, 2.05) is 35.7 Å². The van der Waals surface area contributed by atoms with E-state index < -0.39 is 11.6 Å². The third-order valence-corrected chi connectivity index (χ3v) is 4.98. The highest BCUT2D eigenvalue weighted by Crippen LogP contribution is 2.26. The Morgan fingerprint density at radius 1 is 1.33 bits per heavy atom. The van der Waals surface area contributed by atoms with E-state index in [4.69, 9.17) is 5.11 Å². The summed E-state index contributed by atoms with van der Waals surface area (Å²) in [5, 5.41) is 11.6. The minimum absolute atomic E-state index is 0.0704. The zero-order chi connectivity index (χ0) is 17.2. The van der Waals surface area contributed by atoms with Gasteiger partial charge in [0.15, 0.2) is 0 Å². The molecule has 1 aliphatic rings. The first-order chi connectivity index (χ1) is 11.5. The lowest BCUT2D eigenvalue weighted by Crippen LogP contribution is -2.39. The van der Waals surface area contributed by atoms with Crippen LogP contribution in [-0.4, -0.2) is 45.6 Å². The lowest BCUT2D eigenvalue weighted by Gasteiger charge is -2.17. The van der Waals surface area contributed by atoms with Gasteiger partial charge in [-0.25, -0.2) is 14.2 Å². The predicted molar refractivity (Wildman–Crippen MR) is 87.7 cm³/mol. The van der Waals surface area contributed by atoms with Gasteiger partial charge in [-0.3, -0.25) is 4.79 Å². The van der Waals surface area contributed by atoms with Crippen LogP contribution in [0, 0.1) is 0 Å². The van der Waals surface area contributed by atoms with Crippen molar-refractivity contribution in [1.82, 2.24) is 9.88 Å². The van der Waals surface area contributed by atoms with E-state index in [9.17, 15) is 14.0 Å². The normalized spacial score (nSPS) is 20.3. The highest BCUT2D eigenvalue weighted by atomic mass is 32.1. The standard InChI is InChI=1S/C17H17FN2O3S/c18-17(16(22)23)6-7-20(11-17)15(21)9-13-10-24-14(19-13)8-12-4-2-1-3-5-12/h1-5,10H,6-9,11H2,(H,22,23). The molecule has 1 aliphatic heterocycles. The lowest BCUT2D eigenvalue weighted by molar-refractivity contribution is -0.150. The molecule has 7 heteroatoms. The number of carbonyl (C=O) groups excluding carboxylic acids is 1. The first-order valence-corrected chi connectivity index (χ1v) is 8.51. The second-order valence-electron chi connectivity index (χ2n) is 5.91. The number of thiazole rings is 1. The van der Waals surface area contributed by atoms with Crippen LogP contribution in [0.1, 0.15) is 22.7 Å². The Morgan fingerprint density at radius 3 is 2.75 bits per heavy atom. The maximum absolute atomic E-state index is 14.0. The van der Waals surface area contributed by atoms with Crippen LogP contribution < -0.4 is 0 Å². The maximum Gasteiger partial charge on any atom is 0.343 e. The summed E-state index contributed by atoms with van der Waals surface area (Å²) < 4.78 is 14.0. The minimum atomic E-state index is -2.32. The summed E-state index contributed by atoms with van der Waals surface area (Å²) in [6.45, 7) is -0.259. The topological polar surface area (TPSA) is 70.5 Å². The van der Waals surface area contributed by atoms with Crippen LogP contribution >= 0.6 is 11.3 Å². The van der Waals surface area contributed by atoms with E-state index in [0.29, 0.717) is 12.1 Å². The molecule has 0 bridgehead atoms. The quantitative estimate of drug-likeness (QED) is 0.900. The summed E-state index contributed by atoms with van der Waals surface area (Å²) >= 11 is 1.48. The van der Waals surface area contributed by atoms with Crippen molar-refractivity contribution in [2.45, 2.75) is 24.9 Å². The van der Waals surface area contributed by atoms with Gasteiger partial charge < -0.3 is 10.0 Å². The second kappa shape index (κ2) is 6.68. The average molecular weight is 348 g/mol. The molecule has 1 fully saturated rings. The maximum atomic E-state index is 14.0. The smallest absolute Gasteiger partial charge is 0.343 e.